The molecule has 1 saturated carbocycles. The molecule has 0 aliphatic heterocycles. The number of nitrogens with one attached hydrogen (secondary N) is 1. The van der Waals surface area contributed by atoms with Gasteiger partial charge in [0, 0.05) is 18.7 Å². The van der Waals surface area contributed by atoms with Crippen LogP contribution in [0.4, 0.5) is 0 Å². The van der Waals surface area contributed by atoms with Gasteiger partial charge < -0.3 is 10.4 Å². The third kappa shape index (κ3) is 4.09. The number of hydrogen-bond donors (Lipinski definition) is 2. The average molecular weight is 380 g/mol. The number of aryl methyl sites for hydroxylation is 1. The van der Waals surface area contributed by atoms with Crippen molar-refractivity contribution in [2.45, 2.75) is 31.7 Å². The number of carbonyl (C=O) groups is 2. The second-order valence-corrected chi connectivity index (χ2v) is 6.92. The highest BCUT2D eigenvalue weighted by molar-refractivity contribution is 5.95. The van der Waals surface area contributed by atoms with Crippen molar-refractivity contribution in [1.29, 1.82) is 5.26 Å². The van der Waals surface area contributed by atoms with Crippen LogP contribution in [0.5, 0.6) is 0 Å². The molecule has 1 amide bonds. The number of carboxylic acids is 1. The van der Waals surface area contributed by atoms with Crippen LogP contribution >= 0.6 is 0 Å². The number of carbonyl (C=O) groups excluding carboxylic acids is 1. The lowest BCUT2D eigenvalue weighted by molar-refractivity contribution is -0.142. The molecule has 8 nitrogen and oxygen atoms in total. The molecule has 144 valence electrons. The molecule has 2 aromatic rings. The molecule has 0 radical (unpaired) electrons. The van der Waals surface area contributed by atoms with E-state index >= 15 is 0 Å². The van der Waals surface area contributed by atoms with Crippen LogP contribution < -0.4 is 10.9 Å². The minimum absolute atomic E-state index is 0.0165. The largest absolute Gasteiger partial charge is 0.481 e. The van der Waals surface area contributed by atoms with E-state index in [2.05, 4.69) is 10.4 Å². The summed E-state index contributed by atoms with van der Waals surface area (Å²) in [5.74, 6) is -1.67. The molecule has 0 atom stereocenters. The molecule has 0 saturated heterocycles. The summed E-state index contributed by atoms with van der Waals surface area (Å²) in [6.07, 6.45) is 2.14. The topological polar surface area (TPSA) is 125 Å². The van der Waals surface area contributed by atoms with Crippen molar-refractivity contribution in [3.63, 3.8) is 0 Å². The van der Waals surface area contributed by atoms with Gasteiger partial charge in [-0.05, 0) is 43.9 Å². The summed E-state index contributed by atoms with van der Waals surface area (Å²) in [6, 6.07) is 10.0. The van der Waals surface area contributed by atoms with Crippen molar-refractivity contribution in [3.05, 3.63) is 51.8 Å². The molecule has 1 fully saturated rings. The van der Waals surface area contributed by atoms with Gasteiger partial charge in [-0.1, -0.05) is 12.1 Å². The number of hydrogen-bond acceptors (Lipinski definition) is 5. The van der Waals surface area contributed by atoms with Crippen molar-refractivity contribution >= 4 is 11.9 Å². The van der Waals surface area contributed by atoms with E-state index < -0.39 is 17.4 Å². The fourth-order valence-corrected chi connectivity index (χ4v) is 3.38. The van der Waals surface area contributed by atoms with E-state index in [0.29, 0.717) is 42.5 Å². The maximum absolute atomic E-state index is 12.7. The minimum Gasteiger partial charge on any atom is -0.481 e. The smallest absolute Gasteiger partial charge is 0.306 e. The number of benzene rings is 1. The van der Waals surface area contributed by atoms with E-state index in [1.807, 2.05) is 6.07 Å². The third-order valence-corrected chi connectivity index (χ3v) is 5.03. The van der Waals surface area contributed by atoms with Gasteiger partial charge in [0.1, 0.15) is 5.56 Å². The second kappa shape index (κ2) is 8.05. The van der Waals surface area contributed by atoms with E-state index in [1.165, 1.54) is 13.1 Å². The van der Waals surface area contributed by atoms with Gasteiger partial charge in [-0.15, -0.1) is 0 Å². The molecule has 8 heteroatoms. The summed E-state index contributed by atoms with van der Waals surface area (Å²) in [6.45, 7) is 0. The third-order valence-electron chi connectivity index (χ3n) is 5.03. The fraction of sp³-hybridized carbons (Fsp3) is 0.350. The van der Waals surface area contributed by atoms with Gasteiger partial charge in [0.05, 0.1) is 23.2 Å². The first-order chi connectivity index (χ1) is 13.4. The first kappa shape index (κ1) is 19.3. The minimum atomic E-state index is -0.806. The van der Waals surface area contributed by atoms with E-state index in [4.69, 9.17) is 10.4 Å². The standard InChI is InChI=1S/C20H20N4O4/c1-24-19(26)16(10-17(23-24)13-4-2-12(11-21)3-5-13)18(25)22-15-8-6-14(7-9-15)20(27)28/h2-5,10,14-15H,6-9H2,1H3,(H,22,25)(H,27,28). The summed E-state index contributed by atoms with van der Waals surface area (Å²) in [5, 5.41) is 25.0. The van der Waals surface area contributed by atoms with Crippen LogP contribution in [0.25, 0.3) is 11.3 Å². The first-order valence-corrected chi connectivity index (χ1v) is 9.01. The fourth-order valence-electron chi connectivity index (χ4n) is 3.38. The van der Waals surface area contributed by atoms with Crippen LogP contribution in [0.3, 0.4) is 0 Å². The van der Waals surface area contributed by atoms with E-state index in [9.17, 15) is 14.4 Å². The Bertz CT molecular complexity index is 996. The number of rotatable bonds is 4. The highest BCUT2D eigenvalue weighted by atomic mass is 16.4. The van der Waals surface area contributed by atoms with Gasteiger partial charge >= 0.3 is 5.97 Å². The van der Waals surface area contributed by atoms with Crippen LogP contribution in [0.2, 0.25) is 0 Å². The maximum Gasteiger partial charge on any atom is 0.306 e. The van der Waals surface area contributed by atoms with Gasteiger partial charge in [0.25, 0.3) is 11.5 Å². The number of amides is 1. The monoisotopic (exact) mass is 380 g/mol. The van der Waals surface area contributed by atoms with Crippen LogP contribution in [0, 0.1) is 17.2 Å². The summed E-state index contributed by atoms with van der Waals surface area (Å²) < 4.78 is 1.11. The van der Waals surface area contributed by atoms with Gasteiger partial charge in [-0.25, -0.2) is 4.68 Å². The molecule has 1 aromatic carbocycles. The predicted octanol–water partition coefficient (Wildman–Crippen LogP) is 1.69. The van der Waals surface area contributed by atoms with Gasteiger partial charge in [-0.3, -0.25) is 14.4 Å². The van der Waals surface area contributed by atoms with Crippen LogP contribution in [-0.2, 0) is 11.8 Å². The Morgan fingerprint density at radius 1 is 1.21 bits per heavy atom. The highest BCUT2D eigenvalue weighted by Gasteiger charge is 2.27. The second-order valence-electron chi connectivity index (χ2n) is 6.92. The Labute approximate surface area is 161 Å². The summed E-state index contributed by atoms with van der Waals surface area (Å²) >= 11 is 0. The lowest BCUT2D eigenvalue weighted by Gasteiger charge is -2.26. The zero-order valence-corrected chi connectivity index (χ0v) is 15.4. The summed E-state index contributed by atoms with van der Waals surface area (Å²) in [5.41, 5.74) is 1.12. The van der Waals surface area contributed by atoms with E-state index in [-0.39, 0.29) is 17.5 Å². The molecule has 1 aromatic heterocycles. The molecule has 0 spiro atoms. The van der Waals surface area contributed by atoms with Crippen molar-refractivity contribution in [2.75, 3.05) is 0 Å². The zero-order chi connectivity index (χ0) is 20.3. The number of nitrogens with zero attached hydrogens (tertiary/aromatic N) is 3. The molecular formula is C20H20N4O4. The normalized spacial score (nSPS) is 18.9. The first-order valence-electron chi connectivity index (χ1n) is 9.01. The van der Waals surface area contributed by atoms with E-state index in [1.54, 1.807) is 24.3 Å². The molecule has 0 unspecified atom stereocenters. The van der Waals surface area contributed by atoms with Crippen LogP contribution in [0.1, 0.15) is 41.6 Å². The van der Waals surface area contributed by atoms with Crippen LogP contribution in [-0.4, -0.2) is 32.8 Å². The number of nitriles is 1. The summed E-state index contributed by atoms with van der Waals surface area (Å²) in [4.78, 5) is 36.1. The van der Waals surface area contributed by atoms with Gasteiger partial charge in [0.15, 0.2) is 0 Å². The number of aromatic nitrogens is 2. The summed E-state index contributed by atoms with van der Waals surface area (Å²) in [7, 11) is 1.48. The molecular weight excluding hydrogens is 360 g/mol. The Kier molecular flexibility index (Phi) is 5.54. The Balaban J connectivity index is 1.80. The Morgan fingerprint density at radius 3 is 2.43 bits per heavy atom. The molecule has 3 rings (SSSR count). The molecule has 1 heterocycles. The molecule has 28 heavy (non-hydrogen) atoms. The Hall–Kier alpha value is -3.47. The van der Waals surface area contributed by atoms with Gasteiger partial charge in [0.2, 0.25) is 0 Å². The van der Waals surface area contributed by atoms with Crippen LogP contribution in [0.15, 0.2) is 35.1 Å². The molecule has 2 N–H and O–H groups in total. The number of carboxylic acid groups (broad SMARTS) is 1. The van der Waals surface area contributed by atoms with Crippen molar-refractivity contribution < 1.29 is 14.7 Å². The zero-order valence-electron chi connectivity index (χ0n) is 15.4. The van der Waals surface area contributed by atoms with Crippen molar-refractivity contribution in [3.8, 4) is 17.3 Å². The SMILES string of the molecule is Cn1nc(-c2ccc(C#N)cc2)cc(C(=O)NC2CCC(C(=O)O)CC2)c1=O. The van der Waals surface area contributed by atoms with Crippen molar-refractivity contribution in [2.24, 2.45) is 13.0 Å². The number of aliphatic carboxylic acids is 1. The van der Waals surface area contributed by atoms with E-state index in [0.717, 1.165) is 4.68 Å². The van der Waals surface area contributed by atoms with Gasteiger partial charge in [-0.2, -0.15) is 10.4 Å². The maximum atomic E-state index is 12.7. The molecule has 1 aliphatic carbocycles. The molecule has 1 aliphatic rings. The van der Waals surface area contributed by atoms with Crippen molar-refractivity contribution in [1.82, 2.24) is 15.1 Å². The highest BCUT2D eigenvalue weighted by Crippen LogP contribution is 2.24. The lowest BCUT2D eigenvalue weighted by Crippen LogP contribution is -2.41. The molecule has 0 bridgehead atoms. The Morgan fingerprint density at radius 2 is 1.86 bits per heavy atom. The average Bonchev–Trinajstić information content (AvgIpc) is 2.70. The quantitative estimate of drug-likeness (QED) is 0.831. The predicted molar refractivity (Wildman–Crippen MR) is 100 cm³/mol. The lowest BCUT2D eigenvalue weighted by atomic mass is 9.86.